The van der Waals surface area contributed by atoms with Gasteiger partial charge in [-0.15, -0.1) is 0 Å². The van der Waals surface area contributed by atoms with Crippen molar-refractivity contribution in [2.24, 2.45) is 0 Å². The maximum Gasteiger partial charge on any atom is 0.325 e. The second-order valence-electron chi connectivity index (χ2n) is 7.23. The van der Waals surface area contributed by atoms with Gasteiger partial charge in [-0.3, -0.25) is 19.8 Å². The van der Waals surface area contributed by atoms with Crippen LogP contribution in [0.2, 0.25) is 0 Å². The van der Waals surface area contributed by atoms with Gasteiger partial charge in [-0.1, -0.05) is 36.4 Å². The average molecular weight is 440 g/mol. The number of imide groups is 2. The first-order valence-electron chi connectivity index (χ1n) is 9.76. The number of hydrogen-bond acceptors (Lipinski definition) is 6. The molecule has 1 aliphatic heterocycles. The maximum atomic E-state index is 13.0. The van der Waals surface area contributed by atoms with Crippen molar-refractivity contribution in [3.05, 3.63) is 59.7 Å². The molecule has 1 heterocycles. The van der Waals surface area contributed by atoms with Crippen molar-refractivity contribution in [3.8, 4) is 11.5 Å². The monoisotopic (exact) mass is 440 g/mol. The van der Waals surface area contributed by atoms with Crippen molar-refractivity contribution in [1.29, 1.82) is 0 Å². The van der Waals surface area contributed by atoms with E-state index >= 15 is 0 Å². The van der Waals surface area contributed by atoms with Gasteiger partial charge in [-0.2, -0.15) is 0 Å². The number of urea groups is 2. The lowest BCUT2D eigenvalue weighted by Crippen LogP contribution is -2.46. The standard InChI is InChI=1S/C22H24N4O6/c1-22(15-9-10-16(31-2)17(11-15)32-3)19(28)26(21(30)25-22)13-18(27)24-20(29)23-12-14-7-5-4-6-8-14/h4-11H,12-13H2,1-3H3,(H,25,30)(H2,23,24,27,29). The third kappa shape index (κ3) is 4.64. The Morgan fingerprint density at radius 2 is 1.72 bits per heavy atom. The summed E-state index contributed by atoms with van der Waals surface area (Å²) in [5.74, 6) is -0.570. The van der Waals surface area contributed by atoms with Crippen LogP contribution in [0.4, 0.5) is 9.59 Å². The Bertz CT molecular complexity index is 1040. The number of hydrogen-bond donors (Lipinski definition) is 3. The molecule has 10 nitrogen and oxygen atoms in total. The zero-order chi connectivity index (χ0) is 23.3. The lowest BCUT2D eigenvalue weighted by Gasteiger charge is -2.23. The predicted octanol–water partition coefficient (Wildman–Crippen LogP) is 1.50. The molecule has 0 aromatic heterocycles. The molecule has 3 rings (SSSR count). The summed E-state index contributed by atoms with van der Waals surface area (Å²) in [5.41, 5.74) is -0.0983. The molecule has 0 aliphatic carbocycles. The fourth-order valence-corrected chi connectivity index (χ4v) is 3.32. The van der Waals surface area contributed by atoms with Gasteiger partial charge < -0.3 is 20.1 Å². The minimum atomic E-state index is -1.41. The van der Waals surface area contributed by atoms with Crippen LogP contribution in [-0.4, -0.2) is 49.5 Å². The predicted molar refractivity (Wildman–Crippen MR) is 114 cm³/mol. The zero-order valence-electron chi connectivity index (χ0n) is 17.9. The number of rotatable bonds is 7. The van der Waals surface area contributed by atoms with Gasteiger partial charge in [0.15, 0.2) is 11.5 Å². The first-order chi connectivity index (χ1) is 15.3. The van der Waals surface area contributed by atoms with Crippen LogP contribution in [0.3, 0.4) is 0 Å². The highest BCUT2D eigenvalue weighted by molar-refractivity contribution is 6.10. The summed E-state index contributed by atoms with van der Waals surface area (Å²) < 4.78 is 10.5. The summed E-state index contributed by atoms with van der Waals surface area (Å²) in [5, 5.41) is 7.26. The topological polar surface area (TPSA) is 126 Å². The summed E-state index contributed by atoms with van der Waals surface area (Å²) in [6.45, 7) is 1.14. The summed E-state index contributed by atoms with van der Waals surface area (Å²) >= 11 is 0. The van der Waals surface area contributed by atoms with E-state index in [0.717, 1.165) is 10.5 Å². The number of carbonyl (C=O) groups excluding carboxylic acids is 4. The van der Waals surface area contributed by atoms with E-state index in [1.165, 1.54) is 21.1 Å². The second kappa shape index (κ2) is 9.38. The summed E-state index contributed by atoms with van der Waals surface area (Å²) in [6.07, 6.45) is 0. The van der Waals surface area contributed by atoms with Gasteiger partial charge >= 0.3 is 12.1 Å². The van der Waals surface area contributed by atoms with Crippen LogP contribution in [0.15, 0.2) is 48.5 Å². The number of amides is 6. The Hall–Kier alpha value is -4.08. The van der Waals surface area contributed by atoms with Gasteiger partial charge in [0.1, 0.15) is 12.1 Å². The maximum absolute atomic E-state index is 13.0. The molecule has 2 aromatic rings. The lowest BCUT2D eigenvalue weighted by molar-refractivity contribution is -0.134. The smallest absolute Gasteiger partial charge is 0.325 e. The highest BCUT2D eigenvalue weighted by Gasteiger charge is 2.49. The molecule has 0 spiro atoms. The third-order valence-corrected chi connectivity index (χ3v) is 5.09. The minimum absolute atomic E-state index is 0.223. The molecule has 1 aliphatic rings. The highest BCUT2D eigenvalue weighted by atomic mass is 16.5. The van der Waals surface area contributed by atoms with Crippen LogP contribution in [0, 0.1) is 0 Å². The van der Waals surface area contributed by atoms with Gasteiger partial charge in [0, 0.05) is 6.54 Å². The van der Waals surface area contributed by atoms with E-state index in [9.17, 15) is 19.2 Å². The molecule has 10 heteroatoms. The Labute approximate surface area is 184 Å². The first kappa shape index (κ1) is 22.6. The van der Waals surface area contributed by atoms with Crippen molar-refractivity contribution < 1.29 is 28.7 Å². The molecule has 0 radical (unpaired) electrons. The molecule has 1 saturated heterocycles. The van der Waals surface area contributed by atoms with Crippen LogP contribution in [-0.2, 0) is 21.7 Å². The summed E-state index contributed by atoms with van der Waals surface area (Å²) in [6, 6.07) is 12.5. The molecule has 1 atom stereocenters. The van der Waals surface area contributed by atoms with E-state index in [4.69, 9.17) is 9.47 Å². The Kier molecular flexibility index (Phi) is 6.62. The van der Waals surface area contributed by atoms with Crippen molar-refractivity contribution in [1.82, 2.24) is 20.9 Å². The number of benzene rings is 2. The zero-order valence-corrected chi connectivity index (χ0v) is 17.9. The lowest BCUT2D eigenvalue weighted by atomic mass is 9.91. The quantitative estimate of drug-likeness (QED) is 0.560. The van der Waals surface area contributed by atoms with Crippen molar-refractivity contribution >= 4 is 23.9 Å². The fraction of sp³-hybridized carbons (Fsp3) is 0.273. The molecular weight excluding hydrogens is 416 g/mol. The van der Waals surface area contributed by atoms with Gasteiger partial charge in [-0.05, 0) is 30.2 Å². The normalized spacial score (nSPS) is 17.5. The van der Waals surface area contributed by atoms with Gasteiger partial charge in [-0.25, -0.2) is 9.59 Å². The van der Waals surface area contributed by atoms with Gasteiger partial charge in [0.2, 0.25) is 5.91 Å². The summed E-state index contributed by atoms with van der Waals surface area (Å²) in [7, 11) is 2.94. The number of nitrogens with zero attached hydrogens (tertiary/aromatic N) is 1. The van der Waals surface area contributed by atoms with Gasteiger partial charge in [0.25, 0.3) is 5.91 Å². The van der Waals surface area contributed by atoms with E-state index < -0.39 is 36.0 Å². The summed E-state index contributed by atoms with van der Waals surface area (Å²) in [4.78, 5) is 50.4. The Balaban J connectivity index is 1.64. The molecule has 0 bridgehead atoms. The number of carbonyl (C=O) groups is 4. The van der Waals surface area contributed by atoms with Crippen LogP contribution < -0.4 is 25.4 Å². The molecule has 1 fully saturated rings. The van der Waals surface area contributed by atoms with Crippen LogP contribution in [0.1, 0.15) is 18.1 Å². The molecule has 32 heavy (non-hydrogen) atoms. The van der Waals surface area contributed by atoms with Crippen LogP contribution in [0.25, 0.3) is 0 Å². The Morgan fingerprint density at radius 1 is 1.03 bits per heavy atom. The van der Waals surface area contributed by atoms with Crippen LogP contribution >= 0.6 is 0 Å². The van der Waals surface area contributed by atoms with Crippen LogP contribution in [0.5, 0.6) is 11.5 Å². The minimum Gasteiger partial charge on any atom is -0.493 e. The SMILES string of the molecule is COc1ccc(C2(C)NC(=O)N(CC(=O)NC(=O)NCc3ccccc3)C2=O)cc1OC. The van der Waals surface area contributed by atoms with Crippen molar-refractivity contribution in [3.63, 3.8) is 0 Å². The molecule has 1 unspecified atom stereocenters. The third-order valence-electron chi connectivity index (χ3n) is 5.09. The second-order valence-corrected chi connectivity index (χ2v) is 7.23. The molecular formula is C22H24N4O6. The average Bonchev–Trinajstić information content (AvgIpc) is 3.01. The van der Waals surface area contributed by atoms with E-state index in [1.54, 1.807) is 18.2 Å². The number of methoxy groups -OCH3 is 2. The number of ether oxygens (including phenoxy) is 2. The first-order valence-corrected chi connectivity index (χ1v) is 9.76. The van der Waals surface area contributed by atoms with E-state index in [1.807, 2.05) is 30.3 Å². The molecule has 2 aromatic carbocycles. The van der Waals surface area contributed by atoms with E-state index in [2.05, 4.69) is 16.0 Å². The van der Waals surface area contributed by atoms with E-state index in [-0.39, 0.29) is 6.54 Å². The molecule has 0 saturated carbocycles. The Morgan fingerprint density at radius 3 is 2.38 bits per heavy atom. The molecule has 3 N–H and O–H groups in total. The van der Waals surface area contributed by atoms with Crippen molar-refractivity contribution in [2.45, 2.75) is 19.0 Å². The highest BCUT2D eigenvalue weighted by Crippen LogP contribution is 2.35. The fourth-order valence-electron chi connectivity index (χ4n) is 3.32. The van der Waals surface area contributed by atoms with Gasteiger partial charge in [0.05, 0.1) is 14.2 Å². The molecule has 6 amide bonds. The largest absolute Gasteiger partial charge is 0.493 e. The van der Waals surface area contributed by atoms with E-state index in [0.29, 0.717) is 17.1 Å². The molecule has 168 valence electrons. The number of nitrogens with one attached hydrogen (secondary N) is 3. The van der Waals surface area contributed by atoms with Crippen molar-refractivity contribution in [2.75, 3.05) is 20.8 Å².